The molecule has 26 heavy (non-hydrogen) atoms. The van der Waals surface area contributed by atoms with Crippen LogP contribution in [0.3, 0.4) is 0 Å². The fourth-order valence-corrected chi connectivity index (χ4v) is 4.07. The molecule has 3 heterocycles. The Balaban J connectivity index is 1.34. The third kappa shape index (κ3) is 3.66. The van der Waals surface area contributed by atoms with Crippen LogP contribution in [0.2, 0.25) is 0 Å². The monoisotopic (exact) mass is 354 g/mol. The van der Waals surface area contributed by atoms with Gasteiger partial charge in [-0.1, -0.05) is 24.3 Å². The molecule has 1 saturated heterocycles. The summed E-state index contributed by atoms with van der Waals surface area (Å²) in [5.41, 5.74) is 3.71. The first kappa shape index (κ1) is 17.2. The number of amides is 1. The molecule has 1 N–H and O–H groups in total. The van der Waals surface area contributed by atoms with Crippen molar-refractivity contribution < 1.29 is 9.90 Å². The third-order valence-electron chi connectivity index (χ3n) is 5.45. The lowest BCUT2D eigenvalue weighted by Gasteiger charge is -2.33. The summed E-state index contributed by atoms with van der Waals surface area (Å²) in [6.07, 6.45) is 3.99. The molecule has 0 aliphatic carbocycles. The van der Waals surface area contributed by atoms with Gasteiger partial charge in [0, 0.05) is 38.3 Å². The number of hydrogen-bond acceptors (Lipinski definition) is 4. The summed E-state index contributed by atoms with van der Waals surface area (Å²) in [4.78, 5) is 17.0. The molecule has 2 aliphatic heterocycles. The van der Waals surface area contributed by atoms with Crippen LogP contribution < -0.4 is 0 Å². The van der Waals surface area contributed by atoms with Crippen LogP contribution in [0.5, 0.6) is 0 Å². The molecule has 2 aliphatic rings. The number of hydrogen-bond donors (Lipinski definition) is 1. The molecule has 0 saturated carbocycles. The molecule has 0 radical (unpaired) electrons. The van der Waals surface area contributed by atoms with Gasteiger partial charge in [-0.25, -0.2) is 0 Å². The zero-order valence-corrected chi connectivity index (χ0v) is 15.0. The molecule has 6 nitrogen and oxygen atoms in total. The van der Waals surface area contributed by atoms with E-state index >= 15 is 0 Å². The van der Waals surface area contributed by atoms with E-state index in [2.05, 4.69) is 34.3 Å². The number of aliphatic hydroxyl groups excluding tert-OH is 1. The quantitative estimate of drug-likeness (QED) is 0.886. The maximum Gasteiger partial charge on any atom is 0.236 e. The summed E-state index contributed by atoms with van der Waals surface area (Å²) >= 11 is 0. The fourth-order valence-electron chi connectivity index (χ4n) is 4.07. The van der Waals surface area contributed by atoms with Gasteiger partial charge in [-0.2, -0.15) is 5.10 Å². The predicted molar refractivity (Wildman–Crippen MR) is 98.4 cm³/mol. The smallest absolute Gasteiger partial charge is 0.236 e. The van der Waals surface area contributed by atoms with Crippen LogP contribution in [-0.4, -0.2) is 56.8 Å². The Kier molecular flexibility index (Phi) is 5.04. The summed E-state index contributed by atoms with van der Waals surface area (Å²) in [5.74, 6) is 0.515. The first-order valence-electron chi connectivity index (χ1n) is 9.44. The highest BCUT2D eigenvalue weighted by Crippen LogP contribution is 2.27. The van der Waals surface area contributed by atoms with E-state index in [1.165, 1.54) is 11.1 Å². The number of carbonyl (C=O) groups excluding carboxylic acids is 1. The molecule has 6 heteroatoms. The average molecular weight is 354 g/mol. The van der Waals surface area contributed by atoms with Crippen molar-refractivity contribution in [3.05, 3.63) is 53.3 Å². The van der Waals surface area contributed by atoms with Crippen molar-refractivity contribution in [2.45, 2.75) is 38.4 Å². The first-order chi connectivity index (χ1) is 12.7. The van der Waals surface area contributed by atoms with Gasteiger partial charge in [-0.15, -0.1) is 0 Å². The molecule has 0 spiro atoms. The van der Waals surface area contributed by atoms with Gasteiger partial charge in [0.05, 0.1) is 25.4 Å². The van der Waals surface area contributed by atoms with Gasteiger partial charge in [0.1, 0.15) is 0 Å². The van der Waals surface area contributed by atoms with Crippen LogP contribution >= 0.6 is 0 Å². The Morgan fingerprint density at radius 3 is 2.69 bits per heavy atom. The molecular formula is C20H26N4O2. The van der Waals surface area contributed by atoms with Crippen molar-refractivity contribution in [1.29, 1.82) is 0 Å². The minimum atomic E-state index is 0.0919. The lowest BCUT2D eigenvalue weighted by molar-refractivity contribution is -0.133. The normalized spacial score (nSPS) is 20.3. The zero-order chi connectivity index (χ0) is 17.9. The van der Waals surface area contributed by atoms with E-state index in [1.807, 2.05) is 17.2 Å². The molecule has 4 rings (SSSR count). The first-order valence-corrected chi connectivity index (χ1v) is 9.44. The molecule has 0 bridgehead atoms. The van der Waals surface area contributed by atoms with Gasteiger partial charge in [0.25, 0.3) is 0 Å². The molecule has 1 amide bonds. The summed E-state index contributed by atoms with van der Waals surface area (Å²) in [5, 5.41) is 13.6. The summed E-state index contributed by atoms with van der Waals surface area (Å²) in [6.45, 7) is 4.42. The minimum absolute atomic E-state index is 0.0919. The second kappa shape index (κ2) is 7.60. The molecule has 1 aromatic heterocycles. The Labute approximate surface area is 154 Å². The van der Waals surface area contributed by atoms with Crippen LogP contribution in [0.1, 0.15) is 35.6 Å². The lowest BCUT2D eigenvalue weighted by Crippen LogP contribution is -2.43. The lowest BCUT2D eigenvalue weighted by atomic mass is 9.95. The van der Waals surface area contributed by atoms with Crippen LogP contribution in [0, 0.1) is 0 Å². The Morgan fingerprint density at radius 2 is 1.96 bits per heavy atom. The number of benzene rings is 1. The van der Waals surface area contributed by atoms with Gasteiger partial charge in [0.2, 0.25) is 5.91 Å². The van der Waals surface area contributed by atoms with Crippen LogP contribution in [0.25, 0.3) is 0 Å². The van der Waals surface area contributed by atoms with Crippen molar-refractivity contribution in [3.8, 4) is 0 Å². The highest BCUT2D eigenvalue weighted by Gasteiger charge is 2.28. The minimum Gasteiger partial charge on any atom is -0.394 e. The molecular weight excluding hydrogens is 328 g/mol. The SMILES string of the molecule is O=C(CN1Cc2ccccc2C1)N1CCCC(c2ccn(CCO)n2)C1. The highest BCUT2D eigenvalue weighted by molar-refractivity contribution is 5.78. The second-order valence-corrected chi connectivity index (χ2v) is 7.32. The molecule has 1 atom stereocenters. The van der Waals surface area contributed by atoms with Gasteiger partial charge in [-0.3, -0.25) is 14.4 Å². The number of rotatable bonds is 5. The largest absolute Gasteiger partial charge is 0.394 e. The van der Waals surface area contributed by atoms with Crippen molar-refractivity contribution in [1.82, 2.24) is 19.6 Å². The number of aliphatic hydroxyl groups is 1. The Hall–Kier alpha value is -2.18. The van der Waals surface area contributed by atoms with Crippen molar-refractivity contribution in [3.63, 3.8) is 0 Å². The predicted octanol–water partition coefficient (Wildman–Crippen LogP) is 1.60. The number of piperidine rings is 1. The molecule has 138 valence electrons. The van der Waals surface area contributed by atoms with E-state index in [-0.39, 0.29) is 12.5 Å². The van der Waals surface area contributed by atoms with Crippen molar-refractivity contribution in [2.75, 3.05) is 26.2 Å². The molecule has 1 fully saturated rings. The van der Waals surface area contributed by atoms with E-state index in [1.54, 1.807) is 4.68 Å². The fraction of sp³-hybridized carbons (Fsp3) is 0.500. The van der Waals surface area contributed by atoms with Crippen molar-refractivity contribution >= 4 is 5.91 Å². The second-order valence-electron chi connectivity index (χ2n) is 7.32. The van der Waals surface area contributed by atoms with Crippen molar-refractivity contribution in [2.24, 2.45) is 0 Å². The van der Waals surface area contributed by atoms with Gasteiger partial charge >= 0.3 is 0 Å². The van der Waals surface area contributed by atoms with E-state index in [0.29, 0.717) is 19.0 Å². The zero-order valence-electron chi connectivity index (χ0n) is 15.0. The van der Waals surface area contributed by atoms with E-state index in [9.17, 15) is 4.79 Å². The van der Waals surface area contributed by atoms with E-state index in [4.69, 9.17) is 5.11 Å². The van der Waals surface area contributed by atoms with Crippen LogP contribution in [0.4, 0.5) is 0 Å². The number of aromatic nitrogens is 2. The van der Waals surface area contributed by atoms with Crippen LogP contribution in [0.15, 0.2) is 36.5 Å². The molecule has 2 aromatic rings. The van der Waals surface area contributed by atoms with E-state index < -0.39 is 0 Å². The molecule has 1 aromatic carbocycles. The summed E-state index contributed by atoms with van der Waals surface area (Å²) in [6, 6.07) is 10.5. The van der Waals surface area contributed by atoms with Gasteiger partial charge < -0.3 is 10.0 Å². The Morgan fingerprint density at radius 1 is 1.19 bits per heavy atom. The van der Waals surface area contributed by atoms with Gasteiger partial charge in [-0.05, 0) is 30.0 Å². The standard InChI is InChI=1S/C20H26N4O2/c25-11-10-24-9-7-19(21-24)18-6-3-8-23(14-18)20(26)15-22-12-16-4-1-2-5-17(16)13-22/h1-2,4-5,7,9,18,25H,3,6,8,10-15H2. The summed E-state index contributed by atoms with van der Waals surface area (Å²) in [7, 11) is 0. The number of nitrogens with zero attached hydrogens (tertiary/aromatic N) is 4. The number of fused-ring (bicyclic) bond motifs is 1. The number of carbonyl (C=O) groups is 1. The average Bonchev–Trinajstić information content (AvgIpc) is 3.28. The Bertz CT molecular complexity index is 748. The number of likely N-dealkylation sites (tertiary alicyclic amines) is 1. The van der Waals surface area contributed by atoms with Crippen LogP contribution in [-0.2, 0) is 24.4 Å². The summed E-state index contributed by atoms with van der Waals surface area (Å²) < 4.78 is 1.78. The third-order valence-corrected chi connectivity index (χ3v) is 5.45. The van der Waals surface area contributed by atoms with Gasteiger partial charge in [0.15, 0.2) is 0 Å². The maximum absolute atomic E-state index is 12.8. The maximum atomic E-state index is 12.8. The van der Waals surface area contributed by atoms with E-state index in [0.717, 1.165) is 44.7 Å². The molecule has 1 unspecified atom stereocenters. The topological polar surface area (TPSA) is 61.6 Å². The highest BCUT2D eigenvalue weighted by atomic mass is 16.3.